The van der Waals surface area contributed by atoms with Crippen molar-refractivity contribution in [1.29, 1.82) is 0 Å². The molecule has 25 heavy (non-hydrogen) atoms. The summed E-state index contributed by atoms with van der Waals surface area (Å²) in [7, 11) is 1.90. The fraction of sp³-hybridized carbons (Fsp3) is 0.353. The first kappa shape index (κ1) is 15.5. The number of hydrogen-bond donors (Lipinski definition) is 0. The molecule has 4 rings (SSSR count). The summed E-state index contributed by atoms with van der Waals surface area (Å²) >= 11 is 0. The van der Waals surface area contributed by atoms with Crippen molar-refractivity contribution in [2.45, 2.75) is 6.92 Å². The summed E-state index contributed by atoms with van der Waals surface area (Å²) < 4.78 is 1.77. The molecule has 0 saturated carbocycles. The van der Waals surface area contributed by atoms with E-state index in [4.69, 9.17) is 4.98 Å². The second-order valence-corrected chi connectivity index (χ2v) is 6.10. The topological polar surface area (TPSA) is 75.9 Å². The summed E-state index contributed by atoms with van der Waals surface area (Å²) in [6.45, 7) is 5.48. The van der Waals surface area contributed by atoms with Crippen molar-refractivity contribution in [3.05, 3.63) is 42.9 Å². The molecular formula is C17H20N8. The smallest absolute Gasteiger partial charge is 0.147 e. The molecular weight excluding hydrogens is 316 g/mol. The maximum atomic E-state index is 4.76. The lowest BCUT2D eigenvalue weighted by atomic mass is 10.2. The van der Waals surface area contributed by atoms with Crippen LogP contribution < -0.4 is 9.80 Å². The molecule has 0 spiro atoms. The Bertz CT molecular complexity index is 866. The van der Waals surface area contributed by atoms with Gasteiger partial charge in [0.25, 0.3) is 0 Å². The zero-order chi connectivity index (χ0) is 17.2. The lowest BCUT2D eigenvalue weighted by Gasteiger charge is -2.36. The molecule has 0 radical (unpaired) electrons. The maximum absolute atomic E-state index is 4.76. The van der Waals surface area contributed by atoms with Gasteiger partial charge in [-0.15, -0.1) is 0 Å². The Labute approximate surface area is 146 Å². The summed E-state index contributed by atoms with van der Waals surface area (Å²) in [6.07, 6.45) is 9.17. The van der Waals surface area contributed by atoms with Gasteiger partial charge in [-0.3, -0.25) is 9.67 Å². The minimum absolute atomic E-state index is 0.801. The molecule has 1 aliphatic heterocycles. The van der Waals surface area contributed by atoms with Crippen LogP contribution in [0.3, 0.4) is 0 Å². The highest BCUT2D eigenvalue weighted by atomic mass is 15.3. The van der Waals surface area contributed by atoms with Crippen molar-refractivity contribution in [2.24, 2.45) is 7.05 Å². The first-order chi connectivity index (χ1) is 12.2. The summed E-state index contributed by atoms with van der Waals surface area (Å²) in [4.78, 5) is 22.3. The lowest BCUT2D eigenvalue weighted by molar-refractivity contribution is 0.639. The van der Waals surface area contributed by atoms with E-state index in [1.807, 2.05) is 44.8 Å². The Hall–Kier alpha value is -3.03. The van der Waals surface area contributed by atoms with E-state index in [1.54, 1.807) is 10.9 Å². The Morgan fingerprint density at radius 2 is 1.68 bits per heavy atom. The minimum atomic E-state index is 0.801. The highest BCUT2D eigenvalue weighted by Gasteiger charge is 2.20. The van der Waals surface area contributed by atoms with Gasteiger partial charge in [-0.05, 0) is 13.0 Å². The van der Waals surface area contributed by atoms with E-state index in [9.17, 15) is 0 Å². The first-order valence-corrected chi connectivity index (χ1v) is 8.30. The average molecular weight is 336 g/mol. The number of aromatic nitrogens is 6. The molecule has 0 aromatic carbocycles. The molecule has 128 valence electrons. The van der Waals surface area contributed by atoms with Crippen LogP contribution in [0.5, 0.6) is 0 Å². The minimum Gasteiger partial charge on any atom is -0.353 e. The molecule has 0 N–H and O–H groups in total. The molecule has 0 atom stereocenters. The number of aryl methyl sites for hydroxylation is 2. The van der Waals surface area contributed by atoms with Gasteiger partial charge in [0.15, 0.2) is 0 Å². The predicted molar refractivity (Wildman–Crippen MR) is 95.4 cm³/mol. The second kappa shape index (κ2) is 6.46. The molecule has 4 heterocycles. The summed E-state index contributed by atoms with van der Waals surface area (Å²) in [5.74, 6) is 2.69. The first-order valence-electron chi connectivity index (χ1n) is 8.30. The number of piperazine rings is 1. The molecule has 3 aromatic rings. The third-order valence-corrected chi connectivity index (χ3v) is 4.31. The Balaban J connectivity index is 1.47. The maximum Gasteiger partial charge on any atom is 0.147 e. The second-order valence-electron chi connectivity index (χ2n) is 6.10. The van der Waals surface area contributed by atoms with E-state index < -0.39 is 0 Å². The van der Waals surface area contributed by atoms with Gasteiger partial charge in [0.2, 0.25) is 0 Å². The van der Waals surface area contributed by atoms with Gasteiger partial charge in [-0.25, -0.2) is 15.0 Å². The average Bonchev–Trinajstić information content (AvgIpc) is 3.08. The molecule has 0 unspecified atom stereocenters. The van der Waals surface area contributed by atoms with Gasteiger partial charge in [-0.1, -0.05) is 0 Å². The van der Waals surface area contributed by atoms with Crippen molar-refractivity contribution in [3.63, 3.8) is 0 Å². The normalized spacial score (nSPS) is 14.8. The standard InChI is InChI=1S/C17H20N8/c1-13-19-4-3-16(21-13)24-5-7-25(8-6-24)17-11-18-10-15(22-17)14-9-20-23(2)12-14/h3-4,9-12H,5-8H2,1-2H3. The fourth-order valence-electron chi connectivity index (χ4n) is 2.99. The third-order valence-electron chi connectivity index (χ3n) is 4.31. The van der Waals surface area contributed by atoms with Crippen molar-refractivity contribution >= 4 is 11.6 Å². The molecule has 1 saturated heterocycles. The largest absolute Gasteiger partial charge is 0.353 e. The van der Waals surface area contributed by atoms with E-state index >= 15 is 0 Å². The van der Waals surface area contributed by atoms with Crippen molar-refractivity contribution in [2.75, 3.05) is 36.0 Å². The van der Waals surface area contributed by atoms with E-state index in [2.05, 4.69) is 29.9 Å². The van der Waals surface area contributed by atoms with Crippen LogP contribution in [0.25, 0.3) is 11.3 Å². The molecule has 8 nitrogen and oxygen atoms in total. The van der Waals surface area contributed by atoms with Crippen LogP contribution in [0.2, 0.25) is 0 Å². The third kappa shape index (κ3) is 3.28. The monoisotopic (exact) mass is 336 g/mol. The molecule has 3 aromatic heterocycles. The SMILES string of the molecule is Cc1nccc(N2CCN(c3cncc(-c4cnn(C)c4)n3)CC2)n1. The summed E-state index contributed by atoms with van der Waals surface area (Å²) in [6, 6.07) is 1.96. The van der Waals surface area contributed by atoms with E-state index in [-0.39, 0.29) is 0 Å². The van der Waals surface area contributed by atoms with Crippen LogP contribution in [-0.2, 0) is 7.05 Å². The van der Waals surface area contributed by atoms with Gasteiger partial charge in [0.05, 0.1) is 24.3 Å². The molecule has 1 fully saturated rings. The van der Waals surface area contributed by atoms with Crippen molar-refractivity contribution in [1.82, 2.24) is 29.7 Å². The molecule has 0 aliphatic carbocycles. The molecule has 8 heteroatoms. The van der Waals surface area contributed by atoms with Gasteiger partial charge < -0.3 is 9.80 Å². The van der Waals surface area contributed by atoms with E-state index in [1.165, 1.54) is 0 Å². The Morgan fingerprint density at radius 3 is 2.36 bits per heavy atom. The van der Waals surface area contributed by atoms with Gasteiger partial charge in [0, 0.05) is 51.2 Å². The quantitative estimate of drug-likeness (QED) is 0.713. The van der Waals surface area contributed by atoms with Crippen LogP contribution in [0, 0.1) is 6.92 Å². The molecule has 0 bridgehead atoms. The zero-order valence-electron chi connectivity index (χ0n) is 14.4. The Morgan fingerprint density at radius 1 is 0.920 bits per heavy atom. The highest BCUT2D eigenvalue weighted by molar-refractivity contribution is 5.58. The van der Waals surface area contributed by atoms with Gasteiger partial charge in [0.1, 0.15) is 17.5 Å². The van der Waals surface area contributed by atoms with Crippen LogP contribution in [0.15, 0.2) is 37.1 Å². The molecule has 1 aliphatic rings. The van der Waals surface area contributed by atoms with Gasteiger partial charge >= 0.3 is 0 Å². The highest BCUT2D eigenvalue weighted by Crippen LogP contribution is 2.21. The van der Waals surface area contributed by atoms with Crippen LogP contribution >= 0.6 is 0 Å². The molecule has 0 amide bonds. The fourth-order valence-corrected chi connectivity index (χ4v) is 2.99. The zero-order valence-corrected chi connectivity index (χ0v) is 14.4. The van der Waals surface area contributed by atoms with Crippen molar-refractivity contribution in [3.8, 4) is 11.3 Å². The van der Waals surface area contributed by atoms with Crippen LogP contribution in [0.1, 0.15) is 5.82 Å². The summed E-state index contributed by atoms with van der Waals surface area (Å²) in [5.41, 5.74) is 1.83. The predicted octanol–water partition coefficient (Wildman–Crippen LogP) is 1.30. The van der Waals surface area contributed by atoms with E-state index in [0.717, 1.165) is 54.9 Å². The number of rotatable bonds is 3. The van der Waals surface area contributed by atoms with Gasteiger partial charge in [-0.2, -0.15) is 5.10 Å². The number of anilines is 2. The Kier molecular flexibility index (Phi) is 4.01. The van der Waals surface area contributed by atoms with Crippen LogP contribution in [0.4, 0.5) is 11.6 Å². The summed E-state index contributed by atoms with van der Waals surface area (Å²) in [5, 5.41) is 4.20. The van der Waals surface area contributed by atoms with E-state index in [0.29, 0.717) is 0 Å². The van der Waals surface area contributed by atoms with Crippen LogP contribution in [-0.4, -0.2) is 55.9 Å². The number of nitrogens with zero attached hydrogens (tertiary/aromatic N) is 8. The number of hydrogen-bond acceptors (Lipinski definition) is 7. The lowest BCUT2D eigenvalue weighted by Crippen LogP contribution is -2.47. The van der Waals surface area contributed by atoms with Crippen molar-refractivity contribution < 1.29 is 0 Å².